The van der Waals surface area contributed by atoms with Crippen molar-refractivity contribution in [3.8, 4) is 11.5 Å². The quantitative estimate of drug-likeness (QED) is 0.535. The van der Waals surface area contributed by atoms with Crippen molar-refractivity contribution in [1.82, 2.24) is 10.2 Å². The van der Waals surface area contributed by atoms with E-state index in [0.717, 1.165) is 10.6 Å². The minimum absolute atomic E-state index is 0.0211. The Morgan fingerprint density at radius 1 is 1.12 bits per heavy atom. The molecular weight excluding hydrogens is 505 g/mol. The average molecular weight is 530 g/mol. The largest absolute Gasteiger partial charge is 0.454 e. The Morgan fingerprint density at radius 2 is 1.76 bits per heavy atom. The lowest BCUT2D eigenvalue weighted by Gasteiger charge is -2.33. The van der Waals surface area contributed by atoms with Crippen LogP contribution < -0.4 is 19.1 Å². The van der Waals surface area contributed by atoms with Crippen LogP contribution in [0.4, 0.5) is 5.69 Å². The number of carbonyl (C=O) groups is 2. The first-order valence-corrected chi connectivity index (χ1v) is 13.0. The Hall–Kier alpha value is -2.69. The molecule has 0 spiro atoms. The minimum atomic E-state index is -3.87. The number of hydrogen-bond donors (Lipinski definition) is 1. The van der Waals surface area contributed by atoms with Gasteiger partial charge in [-0.3, -0.25) is 13.9 Å². The maximum Gasteiger partial charge on any atom is 0.244 e. The van der Waals surface area contributed by atoms with Crippen molar-refractivity contribution in [3.05, 3.63) is 52.0 Å². The molecular formula is C22H25Cl2N3O6S. The molecule has 0 aromatic heterocycles. The van der Waals surface area contributed by atoms with Gasteiger partial charge in [0.1, 0.15) is 12.6 Å². The molecule has 34 heavy (non-hydrogen) atoms. The van der Waals surface area contributed by atoms with Gasteiger partial charge < -0.3 is 19.7 Å². The summed E-state index contributed by atoms with van der Waals surface area (Å²) in [6.45, 7) is 1.14. The van der Waals surface area contributed by atoms with Crippen LogP contribution in [0.15, 0.2) is 36.4 Å². The molecule has 0 saturated heterocycles. The SMILES string of the molecule is CC[C@H](C(=O)NC)N(Cc1c(Cl)cccc1Cl)C(=O)CN(c1ccc2c(c1)OCO2)S(C)(=O)=O. The number of fused-ring (bicyclic) bond motifs is 1. The highest BCUT2D eigenvalue weighted by Crippen LogP contribution is 2.36. The molecule has 0 unspecified atom stereocenters. The van der Waals surface area contributed by atoms with E-state index < -0.39 is 34.4 Å². The van der Waals surface area contributed by atoms with Gasteiger partial charge in [0.2, 0.25) is 28.6 Å². The molecule has 0 bridgehead atoms. The summed E-state index contributed by atoms with van der Waals surface area (Å²) in [5.74, 6) is -0.151. The second kappa shape index (κ2) is 10.7. The fourth-order valence-corrected chi connectivity index (χ4v) is 4.95. The summed E-state index contributed by atoms with van der Waals surface area (Å²) in [5.41, 5.74) is 0.680. The summed E-state index contributed by atoms with van der Waals surface area (Å²) in [4.78, 5) is 27.4. The van der Waals surface area contributed by atoms with E-state index in [2.05, 4.69) is 5.32 Å². The van der Waals surface area contributed by atoms with Crippen molar-refractivity contribution in [2.75, 3.05) is 30.9 Å². The third kappa shape index (κ3) is 5.68. The number of benzene rings is 2. The predicted octanol–water partition coefficient (Wildman–Crippen LogP) is 3.04. The molecule has 9 nitrogen and oxygen atoms in total. The summed E-state index contributed by atoms with van der Waals surface area (Å²) in [6, 6.07) is 8.63. The molecule has 0 radical (unpaired) electrons. The molecule has 3 rings (SSSR count). The highest BCUT2D eigenvalue weighted by Gasteiger charge is 2.32. The number of sulfonamides is 1. The number of rotatable bonds is 9. The van der Waals surface area contributed by atoms with E-state index >= 15 is 0 Å². The van der Waals surface area contributed by atoms with E-state index in [0.29, 0.717) is 27.1 Å². The summed E-state index contributed by atoms with van der Waals surface area (Å²) < 4.78 is 36.9. The third-order valence-corrected chi connectivity index (χ3v) is 7.19. The number of nitrogens with zero attached hydrogens (tertiary/aromatic N) is 2. The second-order valence-corrected chi connectivity index (χ2v) is 10.3. The molecule has 1 heterocycles. The summed E-state index contributed by atoms with van der Waals surface area (Å²) >= 11 is 12.6. The van der Waals surface area contributed by atoms with Crippen LogP contribution >= 0.6 is 23.2 Å². The van der Waals surface area contributed by atoms with Gasteiger partial charge in [-0.15, -0.1) is 0 Å². The Bertz CT molecular complexity index is 1170. The fourth-order valence-electron chi connectivity index (χ4n) is 3.59. The Kier molecular flexibility index (Phi) is 8.17. The van der Waals surface area contributed by atoms with Crippen LogP contribution in [0.2, 0.25) is 10.0 Å². The number of carbonyl (C=O) groups excluding carboxylic acids is 2. The van der Waals surface area contributed by atoms with Crippen molar-refractivity contribution < 1.29 is 27.5 Å². The van der Waals surface area contributed by atoms with E-state index in [-0.39, 0.29) is 25.4 Å². The molecule has 2 amide bonds. The average Bonchev–Trinajstić information content (AvgIpc) is 3.25. The Labute approximate surface area is 208 Å². The number of likely N-dealkylation sites (N-methyl/N-ethyl adjacent to an activating group) is 1. The standard InChI is InChI=1S/C22H25Cl2N3O6S/c1-4-18(22(29)25-2)26(11-15-16(23)6-5-7-17(15)24)21(28)12-27(34(3,30)31)14-8-9-19-20(10-14)33-13-32-19/h5-10,18H,4,11-13H2,1-3H3,(H,25,29)/t18-/m1/s1. The summed E-state index contributed by atoms with van der Waals surface area (Å²) in [7, 11) is -2.41. The number of nitrogens with one attached hydrogen (secondary N) is 1. The molecule has 12 heteroatoms. The number of halogens is 2. The third-order valence-electron chi connectivity index (χ3n) is 5.35. The van der Waals surface area contributed by atoms with Crippen LogP contribution in [0.5, 0.6) is 11.5 Å². The van der Waals surface area contributed by atoms with Gasteiger partial charge in [0.25, 0.3) is 0 Å². The highest BCUT2D eigenvalue weighted by atomic mass is 35.5. The zero-order valence-electron chi connectivity index (χ0n) is 18.9. The first kappa shape index (κ1) is 25.9. The van der Waals surface area contributed by atoms with Gasteiger partial charge in [0.15, 0.2) is 11.5 Å². The first-order valence-electron chi connectivity index (χ1n) is 10.4. The minimum Gasteiger partial charge on any atom is -0.454 e. The van der Waals surface area contributed by atoms with Gasteiger partial charge in [-0.1, -0.05) is 36.2 Å². The van der Waals surface area contributed by atoms with E-state index in [4.69, 9.17) is 32.7 Å². The van der Waals surface area contributed by atoms with Crippen LogP contribution in [0.25, 0.3) is 0 Å². The summed E-state index contributed by atoms with van der Waals surface area (Å²) in [6.07, 6.45) is 1.28. The number of amides is 2. The molecule has 0 saturated carbocycles. The zero-order chi connectivity index (χ0) is 25.0. The lowest BCUT2D eigenvalue weighted by Crippen LogP contribution is -2.51. The van der Waals surface area contributed by atoms with Gasteiger partial charge >= 0.3 is 0 Å². The normalized spacial score (nSPS) is 13.3. The van der Waals surface area contributed by atoms with E-state index in [1.807, 2.05) is 0 Å². The van der Waals surface area contributed by atoms with Crippen LogP contribution in [0, 0.1) is 0 Å². The molecule has 0 fully saturated rings. The van der Waals surface area contributed by atoms with Crippen molar-refractivity contribution in [2.45, 2.75) is 25.9 Å². The topological polar surface area (TPSA) is 105 Å². The molecule has 1 N–H and O–H groups in total. The van der Waals surface area contributed by atoms with Crippen molar-refractivity contribution in [1.29, 1.82) is 0 Å². The number of anilines is 1. The van der Waals surface area contributed by atoms with E-state index in [9.17, 15) is 18.0 Å². The number of hydrogen-bond acceptors (Lipinski definition) is 6. The Balaban J connectivity index is 1.98. The molecule has 1 aliphatic rings. The lowest BCUT2D eigenvalue weighted by molar-refractivity contribution is -0.140. The lowest BCUT2D eigenvalue weighted by atomic mass is 10.1. The van der Waals surface area contributed by atoms with Crippen LogP contribution in [0.1, 0.15) is 18.9 Å². The number of ether oxygens (including phenoxy) is 2. The maximum absolute atomic E-state index is 13.6. The zero-order valence-corrected chi connectivity index (χ0v) is 21.2. The van der Waals surface area contributed by atoms with Crippen LogP contribution in [0.3, 0.4) is 0 Å². The highest BCUT2D eigenvalue weighted by molar-refractivity contribution is 7.92. The predicted molar refractivity (Wildman–Crippen MR) is 130 cm³/mol. The molecule has 184 valence electrons. The van der Waals surface area contributed by atoms with Crippen molar-refractivity contribution in [3.63, 3.8) is 0 Å². The first-order chi connectivity index (χ1) is 16.1. The Morgan fingerprint density at radius 3 is 2.35 bits per heavy atom. The van der Waals surface area contributed by atoms with Crippen LogP contribution in [-0.4, -0.2) is 57.8 Å². The van der Waals surface area contributed by atoms with Gasteiger partial charge in [-0.25, -0.2) is 8.42 Å². The van der Waals surface area contributed by atoms with Gasteiger partial charge in [-0.2, -0.15) is 0 Å². The molecule has 2 aromatic carbocycles. The van der Waals surface area contributed by atoms with Crippen LogP contribution in [-0.2, 0) is 26.2 Å². The molecule has 1 atom stereocenters. The van der Waals surface area contributed by atoms with E-state index in [1.54, 1.807) is 31.2 Å². The van der Waals surface area contributed by atoms with Crippen molar-refractivity contribution >= 4 is 50.7 Å². The summed E-state index contributed by atoms with van der Waals surface area (Å²) in [5, 5.41) is 3.20. The second-order valence-electron chi connectivity index (χ2n) is 7.57. The maximum atomic E-state index is 13.6. The van der Waals surface area contributed by atoms with Gasteiger partial charge in [0, 0.05) is 35.3 Å². The van der Waals surface area contributed by atoms with Gasteiger partial charge in [0.05, 0.1) is 11.9 Å². The smallest absolute Gasteiger partial charge is 0.244 e. The monoisotopic (exact) mass is 529 g/mol. The molecule has 1 aliphatic heterocycles. The van der Waals surface area contributed by atoms with E-state index in [1.165, 1.54) is 24.1 Å². The van der Waals surface area contributed by atoms with Gasteiger partial charge in [-0.05, 0) is 30.7 Å². The molecule has 0 aliphatic carbocycles. The van der Waals surface area contributed by atoms with Crippen molar-refractivity contribution in [2.24, 2.45) is 0 Å². The molecule has 2 aromatic rings. The fraction of sp³-hybridized carbons (Fsp3) is 0.364.